The molecule has 5 nitrogen and oxygen atoms in total. The Morgan fingerprint density at radius 1 is 0.870 bits per heavy atom. The average Bonchev–Trinajstić information content (AvgIpc) is 3.07. The molecule has 2 aromatic heterocycles. The topological polar surface area (TPSA) is 62.9 Å². The highest BCUT2D eigenvalue weighted by Crippen LogP contribution is 2.17. The molecule has 0 atom stereocenters. The number of nitrogens with zero attached hydrogens (tertiary/aromatic N) is 5. The third-order valence-corrected chi connectivity index (χ3v) is 3.40. The standard InChI is InChI=1S/C18H17N5/c1-13(21-17-7-3-5-11-19-17)15-9-10-16(23-15)14(2)22-18-8-4-6-12-20-18/h3-9,11-12H,10H2,1-2H3/b21-13+,22-14+. The van der Waals surface area contributed by atoms with Crippen molar-refractivity contribution in [3.8, 4) is 0 Å². The zero-order valence-electron chi connectivity index (χ0n) is 13.1. The minimum Gasteiger partial charge on any atom is -0.250 e. The summed E-state index contributed by atoms with van der Waals surface area (Å²) < 4.78 is 0. The second-order valence-electron chi connectivity index (χ2n) is 5.12. The van der Waals surface area contributed by atoms with E-state index in [-0.39, 0.29) is 0 Å². The summed E-state index contributed by atoms with van der Waals surface area (Å²) in [7, 11) is 0. The molecule has 1 aliphatic heterocycles. The van der Waals surface area contributed by atoms with Crippen molar-refractivity contribution in [2.75, 3.05) is 0 Å². The first kappa shape index (κ1) is 15.0. The lowest BCUT2D eigenvalue weighted by molar-refractivity contribution is 1.26. The highest BCUT2D eigenvalue weighted by atomic mass is 14.9. The van der Waals surface area contributed by atoms with Gasteiger partial charge in [0.2, 0.25) is 0 Å². The fourth-order valence-corrected chi connectivity index (χ4v) is 2.19. The Morgan fingerprint density at radius 3 is 2.04 bits per heavy atom. The Hall–Kier alpha value is -2.95. The van der Waals surface area contributed by atoms with E-state index in [2.05, 4.69) is 31.0 Å². The number of allylic oxidation sites excluding steroid dienone is 2. The van der Waals surface area contributed by atoms with Crippen LogP contribution in [-0.2, 0) is 0 Å². The molecule has 0 aliphatic carbocycles. The molecule has 5 heteroatoms. The van der Waals surface area contributed by atoms with Crippen LogP contribution < -0.4 is 0 Å². The van der Waals surface area contributed by atoms with Crippen LogP contribution >= 0.6 is 0 Å². The largest absolute Gasteiger partial charge is 0.250 e. The highest BCUT2D eigenvalue weighted by Gasteiger charge is 2.13. The van der Waals surface area contributed by atoms with Crippen LogP contribution in [0.1, 0.15) is 20.3 Å². The van der Waals surface area contributed by atoms with Gasteiger partial charge in [0.1, 0.15) is 0 Å². The first-order chi connectivity index (χ1) is 11.2. The number of hydrogen-bond acceptors (Lipinski definition) is 5. The van der Waals surface area contributed by atoms with Gasteiger partial charge in [-0.25, -0.2) is 24.9 Å². The van der Waals surface area contributed by atoms with Crippen molar-refractivity contribution < 1.29 is 0 Å². The summed E-state index contributed by atoms with van der Waals surface area (Å²) in [6, 6.07) is 11.3. The number of rotatable bonds is 4. The van der Waals surface area contributed by atoms with Gasteiger partial charge in [-0.05, 0) is 38.1 Å². The molecular formula is C18H17N5. The van der Waals surface area contributed by atoms with Gasteiger partial charge in [0, 0.05) is 18.8 Å². The molecular weight excluding hydrogens is 286 g/mol. The van der Waals surface area contributed by atoms with Crippen LogP contribution in [0.5, 0.6) is 0 Å². The van der Waals surface area contributed by atoms with E-state index in [4.69, 9.17) is 0 Å². The molecule has 0 saturated carbocycles. The van der Waals surface area contributed by atoms with Gasteiger partial charge < -0.3 is 0 Å². The van der Waals surface area contributed by atoms with Crippen LogP contribution in [0.15, 0.2) is 75.5 Å². The molecule has 3 rings (SSSR count). The van der Waals surface area contributed by atoms with Crippen molar-refractivity contribution in [1.82, 2.24) is 9.97 Å². The van der Waals surface area contributed by atoms with Crippen LogP contribution in [0.3, 0.4) is 0 Å². The van der Waals surface area contributed by atoms with Gasteiger partial charge in [-0.3, -0.25) is 0 Å². The summed E-state index contributed by atoms with van der Waals surface area (Å²) in [5, 5.41) is 0. The monoisotopic (exact) mass is 303 g/mol. The van der Waals surface area contributed by atoms with E-state index in [1.807, 2.05) is 50.2 Å². The lowest BCUT2D eigenvalue weighted by Crippen LogP contribution is -2.07. The molecule has 23 heavy (non-hydrogen) atoms. The molecule has 0 N–H and O–H groups in total. The van der Waals surface area contributed by atoms with Gasteiger partial charge in [-0.2, -0.15) is 0 Å². The van der Waals surface area contributed by atoms with Crippen LogP contribution in [0, 0.1) is 0 Å². The molecule has 0 spiro atoms. The van der Waals surface area contributed by atoms with E-state index in [0.717, 1.165) is 29.3 Å². The lowest BCUT2D eigenvalue weighted by Gasteiger charge is -2.00. The minimum atomic E-state index is 0.688. The summed E-state index contributed by atoms with van der Waals surface area (Å²) in [6.45, 7) is 3.90. The van der Waals surface area contributed by atoms with E-state index >= 15 is 0 Å². The molecule has 1 aliphatic rings. The SMILES string of the molecule is C/C(=N\c1ccccn1)C1=CCC(/C(C)=N/c2ccccn2)=N1. The predicted octanol–water partition coefficient (Wildman–Crippen LogP) is 4.09. The van der Waals surface area contributed by atoms with E-state index in [9.17, 15) is 0 Å². The van der Waals surface area contributed by atoms with Gasteiger partial charge in [0.05, 0.1) is 22.8 Å². The Labute approximate surface area is 135 Å². The Bertz CT molecular complexity index is 802. The van der Waals surface area contributed by atoms with Crippen molar-refractivity contribution in [3.63, 3.8) is 0 Å². The van der Waals surface area contributed by atoms with Crippen LogP contribution in [0.25, 0.3) is 0 Å². The van der Waals surface area contributed by atoms with Gasteiger partial charge >= 0.3 is 0 Å². The van der Waals surface area contributed by atoms with Crippen molar-refractivity contribution in [3.05, 3.63) is 60.6 Å². The fraction of sp³-hybridized carbons (Fsp3) is 0.167. The summed E-state index contributed by atoms with van der Waals surface area (Å²) in [5.41, 5.74) is 3.55. The third-order valence-electron chi connectivity index (χ3n) is 3.40. The summed E-state index contributed by atoms with van der Waals surface area (Å²) in [6.07, 6.45) is 6.28. The zero-order valence-corrected chi connectivity index (χ0v) is 13.1. The molecule has 0 unspecified atom stereocenters. The molecule has 0 saturated heterocycles. The van der Waals surface area contributed by atoms with Crippen LogP contribution in [0.4, 0.5) is 11.6 Å². The van der Waals surface area contributed by atoms with E-state index in [1.54, 1.807) is 12.4 Å². The van der Waals surface area contributed by atoms with Crippen molar-refractivity contribution >= 4 is 28.8 Å². The summed E-state index contributed by atoms with van der Waals surface area (Å²) in [5.74, 6) is 1.38. The van der Waals surface area contributed by atoms with Crippen molar-refractivity contribution in [2.45, 2.75) is 20.3 Å². The number of aliphatic imine (C=N–C) groups is 3. The molecule has 0 amide bonds. The third kappa shape index (κ3) is 3.83. The molecule has 0 bridgehead atoms. The predicted molar refractivity (Wildman–Crippen MR) is 94.1 cm³/mol. The quantitative estimate of drug-likeness (QED) is 0.798. The van der Waals surface area contributed by atoms with E-state index in [1.165, 1.54) is 0 Å². The number of pyridine rings is 2. The highest BCUT2D eigenvalue weighted by molar-refractivity contribution is 6.43. The average molecular weight is 303 g/mol. The summed E-state index contributed by atoms with van der Waals surface area (Å²) in [4.78, 5) is 22.1. The zero-order chi connectivity index (χ0) is 16.1. The van der Waals surface area contributed by atoms with E-state index in [0.29, 0.717) is 11.6 Å². The smallest absolute Gasteiger partial charge is 0.152 e. The van der Waals surface area contributed by atoms with Crippen LogP contribution in [0.2, 0.25) is 0 Å². The Morgan fingerprint density at radius 2 is 1.48 bits per heavy atom. The van der Waals surface area contributed by atoms with Gasteiger partial charge in [0.25, 0.3) is 0 Å². The summed E-state index contributed by atoms with van der Waals surface area (Å²) >= 11 is 0. The second kappa shape index (κ2) is 6.87. The Kier molecular flexibility index (Phi) is 4.47. The molecule has 114 valence electrons. The van der Waals surface area contributed by atoms with Gasteiger partial charge in [0.15, 0.2) is 11.6 Å². The maximum atomic E-state index is 4.64. The normalized spacial score (nSPS) is 15.4. The Balaban J connectivity index is 1.77. The first-order valence-electron chi connectivity index (χ1n) is 7.43. The number of hydrogen-bond donors (Lipinski definition) is 0. The first-order valence-corrected chi connectivity index (χ1v) is 7.43. The number of aromatic nitrogens is 2. The fourth-order valence-electron chi connectivity index (χ4n) is 2.19. The maximum Gasteiger partial charge on any atom is 0.152 e. The van der Waals surface area contributed by atoms with Crippen LogP contribution in [-0.4, -0.2) is 27.1 Å². The molecule has 0 aromatic carbocycles. The van der Waals surface area contributed by atoms with Crippen molar-refractivity contribution in [1.29, 1.82) is 0 Å². The van der Waals surface area contributed by atoms with Gasteiger partial charge in [-0.1, -0.05) is 18.2 Å². The van der Waals surface area contributed by atoms with Gasteiger partial charge in [-0.15, -0.1) is 0 Å². The molecule has 0 fully saturated rings. The molecule has 0 radical (unpaired) electrons. The van der Waals surface area contributed by atoms with Crippen molar-refractivity contribution in [2.24, 2.45) is 15.0 Å². The molecule has 3 heterocycles. The molecule has 2 aromatic rings. The second-order valence-corrected chi connectivity index (χ2v) is 5.12. The maximum absolute atomic E-state index is 4.64. The lowest BCUT2D eigenvalue weighted by atomic mass is 10.2. The minimum absolute atomic E-state index is 0.688. The van der Waals surface area contributed by atoms with E-state index < -0.39 is 0 Å².